The van der Waals surface area contributed by atoms with Gasteiger partial charge in [-0.15, -0.1) is 0 Å². The van der Waals surface area contributed by atoms with Crippen LogP contribution in [0.4, 0.5) is 16.2 Å². The van der Waals surface area contributed by atoms with Crippen LogP contribution in [0.2, 0.25) is 0 Å². The van der Waals surface area contributed by atoms with Crippen molar-refractivity contribution in [3.63, 3.8) is 0 Å². The van der Waals surface area contributed by atoms with Gasteiger partial charge in [-0.05, 0) is 58.1 Å². The first kappa shape index (κ1) is 17.4. The molecule has 128 valence electrons. The summed E-state index contributed by atoms with van der Waals surface area (Å²) in [6.45, 7) is 7.79. The molecule has 0 aromatic heterocycles. The van der Waals surface area contributed by atoms with E-state index in [4.69, 9.17) is 9.47 Å². The third-order valence-electron chi connectivity index (χ3n) is 3.90. The minimum atomic E-state index is -0.530. The number of carbonyl (C=O) groups is 1. The van der Waals surface area contributed by atoms with Crippen molar-refractivity contribution in [2.75, 3.05) is 17.7 Å². The molecule has 1 aliphatic carbocycles. The summed E-state index contributed by atoms with van der Waals surface area (Å²) in [5.74, 6) is 1.40. The van der Waals surface area contributed by atoms with Crippen LogP contribution >= 0.6 is 0 Å². The van der Waals surface area contributed by atoms with Crippen molar-refractivity contribution in [3.05, 3.63) is 18.2 Å². The predicted octanol–water partition coefficient (Wildman–Crippen LogP) is 4.64. The van der Waals surface area contributed by atoms with E-state index in [2.05, 4.69) is 17.6 Å². The molecular weight excluding hydrogens is 292 g/mol. The van der Waals surface area contributed by atoms with Gasteiger partial charge in [0.25, 0.3) is 0 Å². The average Bonchev–Trinajstić information content (AvgIpc) is 2.83. The fourth-order valence-corrected chi connectivity index (χ4v) is 2.87. The molecule has 0 radical (unpaired) electrons. The van der Waals surface area contributed by atoms with E-state index in [1.807, 2.05) is 39.0 Å². The Kier molecular flexibility index (Phi) is 5.39. The monoisotopic (exact) mass is 320 g/mol. The Labute approximate surface area is 138 Å². The van der Waals surface area contributed by atoms with Crippen LogP contribution in [0, 0.1) is 5.92 Å². The molecule has 0 saturated heterocycles. The quantitative estimate of drug-likeness (QED) is 0.848. The van der Waals surface area contributed by atoms with Crippen molar-refractivity contribution in [1.29, 1.82) is 0 Å². The highest BCUT2D eigenvalue weighted by molar-refractivity contribution is 5.87. The zero-order chi connectivity index (χ0) is 17.0. The number of anilines is 2. The molecule has 1 aliphatic rings. The third-order valence-corrected chi connectivity index (χ3v) is 3.90. The van der Waals surface area contributed by atoms with Crippen LogP contribution in [0.5, 0.6) is 5.75 Å². The lowest BCUT2D eigenvalue weighted by molar-refractivity contribution is 0.0635. The second-order valence-corrected chi connectivity index (χ2v) is 7.30. The maximum atomic E-state index is 11.9. The first-order valence-corrected chi connectivity index (χ1v) is 8.21. The lowest BCUT2D eigenvalue weighted by Gasteiger charge is -2.21. The fourth-order valence-electron chi connectivity index (χ4n) is 2.87. The number of hydrogen-bond donors (Lipinski definition) is 2. The molecule has 1 amide bonds. The van der Waals surface area contributed by atoms with Crippen LogP contribution in [0.25, 0.3) is 0 Å². The molecule has 2 rings (SSSR count). The van der Waals surface area contributed by atoms with Gasteiger partial charge in [0.2, 0.25) is 0 Å². The van der Waals surface area contributed by atoms with Crippen LogP contribution in [-0.2, 0) is 4.74 Å². The molecule has 5 nitrogen and oxygen atoms in total. The molecule has 1 saturated carbocycles. The van der Waals surface area contributed by atoms with Gasteiger partial charge in [-0.3, -0.25) is 5.32 Å². The summed E-state index contributed by atoms with van der Waals surface area (Å²) in [5.41, 5.74) is 1.08. The van der Waals surface area contributed by atoms with Crippen LogP contribution in [0.1, 0.15) is 47.0 Å². The Morgan fingerprint density at radius 2 is 2.00 bits per heavy atom. The van der Waals surface area contributed by atoms with Crippen LogP contribution < -0.4 is 15.4 Å². The van der Waals surface area contributed by atoms with Crippen molar-refractivity contribution >= 4 is 17.5 Å². The Balaban J connectivity index is 2.03. The molecule has 23 heavy (non-hydrogen) atoms. The summed E-state index contributed by atoms with van der Waals surface area (Å²) in [4.78, 5) is 11.9. The van der Waals surface area contributed by atoms with E-state index in [0.717, 1.165) is 11.6 Å². The second-order valence-electron chi connectivity index (χ2n) is 7.30. The highest BCUT2D eigenvalue weighted by Gasteiger charge is 2.21. The Morgan fingerprint density at radius 3 is 2.57 bits per heavy atom. The summed E-state index contributed by atoms with van der Waals surface area (Å²) in [5, 5.41) is 6.27. The maximum Gasteiger partial charge on any atom is 0.412 e. The Morgan fingerprint density at radius 1 is 1.26 bits per heavy atom. The number of benzene rings is 1. The van der Waals surface area contributed by atoms with E-state index in [9.17, 15) is 4.79 Å². The van der Waals surface area contributed by atoms with Crippen molar-refractivity contribution in [2.45, 2.75) is 58.6 Å². The number of amides is 1. The van der Waals surface area contributed by atoms with Gasteiger partial charge in [0.05, 0.1) is 12.8 Å². The molecule has 0 aliphatic heterocycles. The number of ether oxygens (including phenoxy) is 2. The second kappa shape index (κ2) is 7.11. The van der Waals surface area contributed by atoms with Gasteiger partial charge in [-0.1, -0.05) is 6.92 Å². The number of rotatable bonds is 4. The zero-order valence-corrected chi connectivity index (χ0v) is 14.7. The van der Waals surface area contributed by atoms with Gasteiger partial charge in [0, 0.05) is 17.8 Å². The van der Waals surface area contributed by atoms with Crippen molar-refractivity contribution in [2.24, 2.45) is 5.92 Å². The minimum Gasteiger partial charge on any atom is -0.494 e. The molecule has 0 spiro atoms. The third kappa shape index (κ3) is 5.34. The Bertz CT molecular complexity index is 552. The van der Waals surface area contributed by atoms with Gasteiger partial charge >= 0.3 is 6.09 Å². The van der Waals surface area contributed by atoms with E-state index >= 15 is 0 Å². The van der Waals surface area contributed by atoms with Gasteiger partial charge in [-0.25, -0.2) is 4.79 Å². The summed E-state index contributed by atoms with van der Waals surface area (Å²) >= 11 is 0. The minimum absolute atomic E-state index is 0.485. The smallest absolute Gasteiger partial charge is 0.412 e. The summed E-state index contributed by atoms with van der Waals surface area (Å²) in [6, 6.07) is 6.22. The molecule has 1 aromatic rings. The fraction of sp³-hybridized carbons (Fsp3) is 0.611. The van der Waals surface area contributed by atoms with Crippen LogP contribution in [0.15, 0.2) is 18.2 Å². The molecule has 1 aromatic carbocycles. The molecule has 1 fully saturated rings. The van der Waals surface area contributed by atoms with E-state index < -0.39 is 11.7 Å². The van der Waals surface area contributed by atoms with Gasteiger partial charge in [0.1, 0.15) is 11.4 Å². The maximum absolute atomic E-state index is 11.9. The predicted molar refractivity (Wildman–Crippen MR) is 93.3 cm³/mol. The molecular formula is C18H28N2O3. The van der Waals surface area contributed by atoms with Crippen LogP contribution in [-0.4, -0.2) is 24.8 Å². The molecule has 0 bridgehead atoms. The van der Waals surface area contributed by atoms with Crippen LogP contribution in [0.3, 0.4) is 0 Å². The van der Waals surface area contributed by atoms with Crippen molar-refractivity contribution < 1.29 is 14.3 Å². The number of methoxy groups -OCH3 is 1. The van der Waals surface area contributed by atoms with Gasteiger partial charge < -0.3 is 14.8 Å². The lowest BCUT2D eigenvalue weighted by Crippen LogP contribution is -2.27. The van der Waals surface area contributed by atoms with Gasteiger partial charge in [-0.2, -0.15) is 0 Å². The summed E-state index contributed by atoms with van der Waals surface area (Å²) in [7, 11) is 1.59. The highest BCUT2D eigenvalue weighted by Crippen LogP contribution is 2.32. The van der Waals surface area contributed by atoms with E-state index in [1.54, 1.807) is 7.11 Å². The SMILES string of the molecule is COc1cc(NC2CCC(C)C2)ccc1NC(=O)OC(C)(C)C. The number of hydrogen-bond acceptors (Lipinski definition) is 4. The average molecular weight is 320 g/mol. The van der Waals surface area contributed by atoms with Crippen molar-refractivity contribution in [3.8, 4) is 5.75 Å². The number of carbonyl (C=O) groups excluding carboxylic acids is 1. The largest absolute Gasteiger partial charge is 0.494 e. The number of nitrogens with one attached hydrogen (secondary N) is 2. The topological polar surface area (TPSA) is 59.6 Å². The molecule has 2 unspecified atom stereocenters. The molecule has 5 heteroatoms. The zero-order valence-electron chi connectivity index (χ0n) is 14.7. The van der Waals surface area contributed by atoms with Gasteiger partial charge in [0.15, 0.2) is 0 Å². The summed E-state index contributed by atoms with van der Waals surface area (Å²) < 4.78 is 10.7. The van der Waals surface area contributed by atoms with Crippen molar-refractivity contribution in [1.82, 2.24) is 0 Å². The molecule has 0 heterocycles. The first-order valence-electron chi connectivity index (χ1n) is 8.21. The molecule has 2 N–H and O–H groups in total. The standard InChI is InChI=1S/C18H28N2O3/c1-12-6-7-13(10-12)19-14-8-9-15(16(11-14)22-5)20-17(21)23-18(2,3)4/h8-9,11-13,19H,6-7,10H2,1-5H3,(H,20,21). The summed E-state index contributed by atoms with van der Waals surface area (Å²) in [6.07, 6.45) is 3.18. The lowest BCUT2D eigenvalue weighted by atomic mass is 10.1. The van der Waals surface area contributed by atoms with E-state index in [0.29, 0.717) is 17.5 Å². The van der Waals surface area contributed by atoms with E-state index in [-0.39, 0.29) is 0 Å². The molecule has 2 atom stereocenters. The Hall–Kier alpha value is -1.91. The highest BCUT2D eigenvalue weighted by atomic mass is 16.6. The van der Waals surface area contributed by atoms with E-state index in [1.165, 1.54) is 19.3 Å². The first-order chi connectivity index (χ1) is 10.8. The normalized spacial score (nSPS) is 20.9.